The van der Waals surface area contributed by atoms with Crippen molar-refractivity contribution in [3.05, 3.63) is 95.8 Å². The van der Waals surface area contributed by atoms with Gasteiger partial charge in [0.2, 0.25) is 0 Å². The van der Waals surface area contributed by atoms with E-state index >= 15 is 0 Å². The summed E-state index contributed by atoms with van der Waals surface area (Å²) in [6, 6.07) is 20.7. The molecule has 0 aliphatic heterocycles. The van der Waals surface area contributed by atoms with Crippen molar-refractivity contribution in [3.8, 4) is 0 Å². The number of benzene rings is 3. The van der Waals surface area contributed by atoms with Gasteiger partial charge in [-0.15, -0.1) is 0 Å². The molecule has 1 amide bonds. The molecule has 0 saturated carbocycles. The number of hydrogen-bond donors (Lipinski definition) is 2. The van der Waals surface area contributed by atoms with Gasteiger partial charge in [-0.1, -0.05) is 36.4 Å². The van der Waals surface area contributed by atoms with E-state index in [1.165, 1.54) is 30.3 Å². The summed E-state index contributed by atoms with van der Waals surface area (Å²) in [4.78, 5) is 12.4. The number of carbonyl (C=O) groups excluding carboxylic acids is 1. The Bertz CT molecular complexity index is 1070. The maximum atomic E-state index is 12.9. The number of amides is 1. The highest BCUT2D eigenvalue weighted by Gasteiger charge is 2.16. The molecule has 0 spiro atoms. The summed E-state index contributed by atoms with van der Waals surface area (Å²) in [6.07, 6.45) is 1.39. The summed E-state index contributed by atoms with van der Waals surface area (Å²) < 4.78 is 40.5. The molecular formula is C22H21FN2O3S. The van der Waals surface area contributed by atoms with Crippen LogP contribution < -0.4 is 10.0 Å². The van der Waals surface area contributed by atoms with Crippen LogP contribution in [-0.2, 0) is 16.4 Å². The average molecular weight is 412 g/mol. The minimum absolute atomic E-state index is 0.0142. The van der Waals surface area contributed by atoms with Crippen LogP contribution in [0.4, 0.5) is 10.1 Å². The molecule has 0 saturated heterocycles. The van der Waals surface area contributed by atoms with E-state index in [0.29, 0.717) is 25.1 Å². The highest BCUT2D eigenvalue weighted by atomic mass is 32.2. The van der Waals surface area contributed by atoms with Crippen LogP contribution in [0.3, 0.4) is 0 Å². The van der Waals surface area contributed by atoms with Crippen LogP contribution in [0.2, 0.25) is 0 Å². The smallest absolute Gasteiger partial charge is 0.261 e. The van der Waals surface area contributed by atoms with Gasteiger partial charge < -0.3 is 5.32 Å². The first-order valence-corrected chi connectivity index (χ1v) is 10.6. The first-order valence-electron chi connectivity index (χ1n) is 9.15. The van der Waals surface area contributed by atoms with Gasteiger partial charge in [-0.25, -0.2) is 12.8 Å². The molecule has 0 radical (unpaired) electrons. The van der Waals surface area contributed by atoms with Crippen molar-refractivity contribution in [2.75, 3.05) is 11.3 Å². The van der Waals surface area contributed by atoms with E-state index in [0.717, 1.165) is 5.56 Å². The highest BCUT2D eigenvalue weighted by Crippen LogP contribution is 2.17. The Morgan fingerprint density at radius 1 is 0.897 bits per heavy atom. The van der Waals surface area contributed by atoms with Crippen molar-refractivity contribution in [2.45, 2.75) is 17.7 Å². The lowest BCUT2D eigenvalue weighted by Gasteiger charge is -2.10. The molecule has 0 heterocycles. The SMILES string of the molecule is O=C(NCCCc1ccc(F)cc1)c1cccc(S(=O)(=O)Nc2ccccc2)c1. The van der Waals surface area contributed by atoms with Crippen molar-refractivity contribution < 1.29 is 17.6 Å². The fourth-order valence-corrected chi connectivity index (χ4v) is 3.88. The molecule has 3 aromatic carbocycles. The predicted octanol–water partition coefficient (Wildman–Crippen LogP) is 3.99. The Balaban J connectivity index is 1.58. The summed E-state index contributed by atoms with van der Waals surface area (Å²) in [5.41, 5.74) is 1.70. The molecule has 0 aliphatic carbocycles. The van der Waals surface area contributed by atoms with Crippen LogP contribution in [0.1, 0.15) is 22.3 Å². The summed E-state index contributed by atoms with van der Waals surface area (Å²) in [7, 11) is -3.79. The van der Waals surface area contributed by atoms with Crippen LogP contribution in [0.25, 0.3) is 0 Å². The maximum Gasteiger partial charge on any atom is 0.261 e. The molecule has 0 atom stereocenters. The summed E-state index contributed by atoms with van der Waals surface area (Å²) >= 11 is 0. The average Bonchev–Trinajstić information content (AvgIpc) is 2.73. The van der Waals surface area contributed by atoms with Gasteiger partial charge in [0, 0.05) is 17.8 Å². The molecule has 5 nitrogen and oxygen atoms in total. The molecule has 29 heavy (non-hydrogen) atoms. The van der Waals surface area contributed by atoms with Crippen LogP contribution >= 0.6 is 0 Å². The number of hydrogen-bond acceptors (Lipinski definition) is 3. The molecule has 3 rings (SSSR count). The topological polar surface area (TPSA) is 75.3 Å². The zero-order valence-corrected chi connectivity index (χ0v) is 16.5. The lowest BCUT2D eigenvalue weighted by atomic mass is 10.1. The lowest BCUT2D eigenvalue weighted by molar-refractivity contribution is 0.0953. The van der Waals surface area contributed by atoms with Gasteiger partial charge in [-0.2, -0.15) is 0 Å². The van der Waals surface area contributed by atoms with E-state index in [9.17, 15) is 17.6 Å². The fourth-order valence-electron chi connectivity index (χ4n) is 2.77. The van der Waals surface area contributed by atoms with Gasteiger partial charge in [0.05, 0.1) is 4.90 Å². The maximum absolute atomic E-state index is 12.9. The number of para-hydroxylation sites is 1. The number of anilines is 1. The molecule has 3 aromatic rings. The number of nitrogens with one attached hydrogen (secondary N) is 2. The van der Waals surface area contributed by atoms with Gasteiger partial charge in [0.15, 0.2) is 0 Å². The Morgan fingerprint density at radius 3 is 2.34 bits per heavy atom. The van der Waals surface area contributed by atoms with Crippen molar-refractivity contribution in [1.29, 1.82) is 0 Å². The second kappa shape index (κ2) is 9.34. The highest BCUT2D eigenvalue weighted by molar-refractivity contribution is 7.92. The van der Waals surface area contributed by atoms with E-state index in [2.05, 4.69) is 10.0 Å². The third-order valence-corrected chi connectivity index (χ3v) is 5.65. The van der Waals surface area contributed by atoms with Gasteiger partial charge in [0.1, 0.15) is 5.82 Å². The third kappa shape index (κ3) is 5.89. The van der Waals surface area contributed by atoms with Gasteiger partial charge in [-0.05, 0) is 60.9 Å². The van der Waals surface area contributed by atoms with Crippen LogP contribution in [0.15, 0.2) is 83.8 Å². The van der Waals surface area contributed by atoms with E-state index in [1.54, 1.807) is 48.5 Å². The van der Waals surface area contributed by atoms with Crippen LogP contribution in [0.5, 0.6) is 0 Å². The van der Waals surface area contributed by atoms with E-state index in [4.69, 9.17) is 0 Å². The standard InChI is InChI=1S/C22H21FN2O3S/c23-19-13-11-17(12-14-19)6-5-15-24-22(26)18-7-4-10-21(16-18)29(27,28)25-20-8-2-1-3-9-20/h1-4,7-14,16,25H,5-6,15H2,(H,24,26). The van der Waals surface area contributed by atoms with Crippen molar-refractivity contribution >= 4 is 21.6 Å². The van der Waals surface area contributed by atoms with Crippen molar-refractivity contribution in [3.63, 3.8) is 0 Å². The van der Waals surface area contributed by atoms with Crippen molar-refractivity contribution in [2.24, 2.45) is 0 Å². The second-order valence-electron chi connectivity index (χ2n) is 6.49. The molecule has 0 fully saturated rings. The van der Waals surface area contributed by atoms with Crippen LogP contribution in [0, 0.1) is 5.82 Å². The van der Waals surface area contributed by atoms with E-state index < -0.39 is 10.0 Å². The first kappa shape index (κ1) is 20.5. The monoisotopic (exact) mass is 412 g/mol. The Labute approximate surface area is 169 Å². The Morgan fingerprint density at radius 2 is 1.62 bits per heavy atom. The molecule has 0 bridgehead atoms. The first-order chi connectivity index (χ1) is 13.9. The van der Waals surface area contributed by atoms with Gasteiger partial charge in [0.25, 0.3) is 15.9 Å². The molecule has 0 aromatic heterocycles. The van der Waals surface area contributed by atoms with Crippen LogP contribution in [-0.4, -0.2) is 20.9 Å². The molecule has 2 N–H and O–H groups in total. The molecule has 150 valence electrons. The molecule has 7 heteroatoms. The Hall–Kier alpha value is -3.19. The second-order valence-corrected chi connectivity index (χ2v) is 8.17. The van der Waals surface area contributed by atoms with E-state index in [1.807, 2.05) is 0 Å². The summed E-state index contributed by atoms with van der Waals surface area (Å²) in [5, 5.41) is 2.78. The zero-order valence-electron chi connectivity index (χ0n) is 15.6. The molecule has 0 aliphatic rings. The molecular weight excluding hydrogens is 391 g/mol. The van der Waals surface area contributed by atoms with Gasteiger partial charge in [-0.3, -0.25) is 9.52 Å². The largest absolute Gasteiger partial charge is 0.352 e. The summed E-state index contributed by atoms with van der Waals surface area (Å²) in [5.74, 6) is -0.625. The fraction of sp³-hybridized carbons (Fsp3) is 0.136. The minimum atomic E-state index is -3.79. The molecule has 0 unspecified atom stereocenters. The van der Waals surface area contributed by atoms with Crippen molar-refractivity contribution in [1.82, 2.24) is 5.32 Å². The zero-order chi connectivity index (χ0) is 20.7. The minimum Gasteiger partial charge on any atom is -0.352 e. The number of sulfonamides is 1. The number of aryl methyl sites for hydroxylation is 1. The van der Waals surface area contributed by atoms with Gasteiger partial charge >= 0.3 is 0 Å². The number of rotatable bonds is 8. The normalized spacial score (nSPS) is 11.1. The number of carbonyl (C=O) groups is 1. The quantitative estimate of drug-likeness (QED) is 0.550. The lowest BCUT2D eigenvalue weighted by Crippen LogP contribution is -2.25. The summed E-state index contributed by atoms with van der Waals surface area (Å²) in [6.45, 7) is 0.426. The number of halogens is 1. The van der Waals surface area contributed by atoms with E-state index in [-0.39, 0.29) is 22.2 Å². The Kier molecular flexibility index (Phi) is 6.61. The predicted molar refractivity (Wildman–Crippen MR) is 111 cm³/mol. The third-order valence-electron chi connectivity index (χ3n) is 4.27.